The van der Waals surface area contributed by atoms with Gasteiger partial charge in [-0.15, -0.1) is 0 Å². The quantitative estimate of drug-likeness (QED) is 0.132. The molecule has 0 bridgehead atoms. The number of aromatic nitrogens is 2. The normalized spacial score (nSPS) is 13.1. The zero-order chi connectivity index (χ0) is 27.6. The molecule has 5 aromatic rings. The summed E-state index contributed by atoms with van der Waals surface area (Å²) < 4.78 is 13.2. The Hall–Kier alpha value is -3.80. The highest BCUT2D eigenvalue weighted by molar-refractivity contribution is 6.30. The van der Waals surface area contributed by atoms with E-state index in [1.165, 1.54) is 7.11 Å². The predicted molar refractivity (Wildman–Crippen MR) is 159 cm³/mol. The lowest BCUT2D eigenvalue weighted by molar-refractivity contribution is 0.0600. The summed E-state index contributed by atoms with van der Waals surface area (Å²) in [7, 11) is 1.37. The molecule has 0 aliphatic heterocycles. The molecule has 1 saturated carbocycles. The Labute approximate surface area is 243 Å². The number of fused-ring (bicyclic) bond motifs is 1. The van der Waals surface area contributed by atoms with E-state index in [0.717, 1.165) is 46.4 Å². The van der Waals surface area contributed by atoms with Crippen LogP contribution in [-0.2, 0) is 11.3 Å². The van der Waals surface area contributed by atoms with Gasteiger partial charge in [0.05, 0.1) is 30.3 Å². The van der Waals surface area contributed by atoms with Crippen LogP contribution in [0.1, 0.15) is 57.6 Å². The van der Waals surface area contributed by atoms with Gasteiger partial charge in [-0.05, 0) is 84.1 Å². The minimum absolute atomic E-state index is 0.00368. The lowest BCUT2D eigenvalue weighted by Gasteiger charge is -2.20. The van der Waals surface area contributed by atoms with Crippen LogP contribution in [0.3, 0.4) is 0 Å². The Morgan fingerprint density at radius 3 is 2.17 bits per heavy atom. The van der Waals surface area contributed by atoms with Crippen LogP contribution in [0, 0.1) is 0 Å². The van der Waals surface area contributed by atoms with Gasteiger partial charge in [0.25, 0.3) is 0 Å². The van der Waals surface area contributed by atoms with Crippen LogP contribution in [0.2, 0.25) is 10.0 Å². The fraction of sp³-hybridized carbons (Fsp3) is 0.212. The standard InChI is InChI=1S/C33H28Cl2N2O3/c1-39-33(38)25-3-2-4-28(19-25)40-18-17-37-30-20-24(11-16-29(30)36-32(37)23-5-6-23)31(21-7-12-26(34)13-8-21)22-9-14-27(35)15-10-22/h2-4,7-16,19-20,23,31H,5-6,17-18H2,1H3. The van der Waals surface area contributed by atoms with Crippen molar-refractivity contribution in [1.82, 2.24) is 9.55 Å². The van der Waals surface area contributed by atoms with Crippen molar-refractivity contribution in [2.75, 3.05) is 13.7 Å². The van der Waals surface area contributed by atoms with Crippen LogP contribution in [0.25, 0.3) is 11.0 Å². The average Bonchev–Trinajstić information content (AvgIpc) is 3.76. The summed E-state index contributed by atoms with van der Waals surface area (Å²) in [5.74, 6) is 1.83. The Balaban J connectivity index is 1.34. The molecular formula is C33H28Cl2N2O3. The molecule has 0 saturated heterocycles. The van der Waals surface area contributed by atoms with Crippen molar-refractivity contribution in [3.05, 3.63) is 129 Å². The molecule has 202 valence electrons. The number of ether oxygens (including phenoxy) is 2. The number of esters is 1. The molecular weight excluding hydrogens is 543 g/mol. The van der Waals surface area contributed by atoms with Gasteiger partial charge in [0.1, 0.15) is 18.2 Å². The van der Waals surface area contributed by atoms with E-state index in [0.29, 0.717) is 40.4 Å². The van der Waals surface area contributed by atoms with Crippen molar-refractivity contribution in [2.24, 2.45) is 0 Å². The van der Waals surface area contributed by atoms with Gasteiger partial charge < -0.3 is 14.0 Å². The number of benzene rings is 4. The summed E-state index contributed by atoms with van der Waals surface area (Å²) >= 11 is 12.5. The second-order valence-electron chi connectivity index (χ2n) is 10.0. The van der Waals surface area contributed by atoms with E-state index in [-0.39, 0.29) is 11.9 Å². The maximum Gasteiger partial charge on any atom is 0.337 e. The average molecular weight is 572 g/mol. The molecule has 40 heavy (non-hydrogen) atoms. The van der Waals surface area contributed by atoms with Crippen LogP contribution in [0.5, 0.6) is 5.75 Å². The molecule has 7 heteroatoms. The maximum atomic E-state index is 11.9. The number of hydrogen-bond acceptors (Lipinski definition) is 4. The highest BCUT2D eigenvalue weighted by atomic mass is 35.5. The van der Waals surface area contributed by atoms with Gasteiger partial charge in [-0.2, -0.15) is 0 Å². The van der Waals surface area contributed by atoms with Crippen molar-refractivity contribution in [3.63, 3.8) is 0 Å². The SMILES string of the molecule is COC(=O)c1cccc(OCCn2c(C3CC3)nc3ccc(C(c4ccc(Cl)cc4)c4ccc(Cl)cc4)cc32)c1. The maximum absolute atomic E-state index is 11.9. The third kappa shape index (κ3) is 5.58. The molecule has 5 nitrogen and oxygen atoms in total. The highest BCUT2D eigenvalue weighted by Crippen LogP contribution is 2.41. The van der Waals surface area contributed by atoms with Crippen molar-refractivity contribution in [2.45, 2.75) is 31.2 Å². The number of nitrogens with zero attached hydrogens (tertiary/aromatic N) is 2. The number of carbonyl (C=O) groups is 1. The topological polar surface area (TPSA) is 53.4 Å². The van der Waals surface area contributed by atoms with Crippen LogP contribution in [0.15, 0.2) is 91.0 Å². The number of imidazole rings is 1. The summed E-state index contributed by atoms with van der Waals surface area (Å²) in [5, 5.41) is 1.41. The first-order chi connectivity index (χ1) is 19.5. The van der Waals surface area contributed by atoms with E-state index in [9.17, 15) is 4.79 Å². The zero-order valence-electron chi connectivity index (χ0n) is 22.0. The second-order valence-corrected chi connectivity index (χ2v) is 10.9. The van der Waals surface area contributed by atoms with E-state index in [1.54, 1.807) is 18.2 Å². The molecule has 1 fully saturated rings. The summed E-state index contributed by atoms with van der Waals surface area (Å²) in [6.45, 7) is 1.08. The van der Waals surface area contributed by atoms with Crippen molar-refractivity contribution >= 4 is 40.2 Å². The first-order valence-corrected chi connectivity index (χ1v) is 14.1. The summed E-state index contributed by atoms with van der Waals surface area (Å²) in [6.07, 6.45) is 2.30. The fourth-order valence-electron chi connectivity index (χ4n) is 5.20. The second kappa shape index (κ2) is 11.4. The van der Waals surface area contributed by atoms with E-state index < -0.39 is 0 Å². The molecule has 1 aliphatic rings. The van der Waals surface area contributed by atoms with Crippen LogP contribution in [0.4, 0.5) is 0 Å². The highest BCUT2D eigenvalue weighted by Gasteiger charge is 2.30. The minimum Gasteiger partial charge on any atom is -0.492 e. The molecule has 0 spiro atoms. The predicted octanol–water partition coefficient (Wildman–Crippen LogP) is 8.27. The van der Waals surface area contributed by atoms with Gasteiger partial charge in [0, 0.05) is 21.9 Å². The largest absolute Gasteiger partial charge is 0.492 e. The lowest BCUT2D eigenvalue weighted by Crippen LogP contribution is -2.11. The van der Waals surface area contributed by atoms with Gasteiger partial charge in [-0.1, -0.05) is 59.6 Å². The third-order valence-corrected chi connectivity index (χ3v) is 7.83. The number of methoxy groups -OCH3 is 1. The number of hydrogen-bond donors (Lipinski definition) is 0. The van der Waals surface area contributed by atoms with Crippen molar-refractivity contribution in [1.29, 1.82) is 0 Å². The summed E-state index contributed by atoms with van der Waals surface area (Å²) in [5.41, 5.74) is 5.98. The van der Waals surface area contributed by atoms with Gasteiger partial charge in [0.2, 0.25) is 0 Å². The molecule has 0 amide bonds. The smallest absolute Gasteiger partial charge is 0.337 e. The van der Waals surface area contributed by atoms with Gasteiger partial charge >= 0.3 is 5.97 Å². The number of carbonyl (C=O) groups excluding carboxylic acids is 1. The Morgan fingerprint density at radius 1 is 0.900 bits per heavy atom. The van der Waals surface area contributed by atoms with E-state index in [1.807, 2.05) is 30.3 Å². The van der Waals surface area contributed by atoms with Crippen LogP contribution < -0.4 is 4.74 Å². The van der Waals surface area contributed by atoms with Crippen LogP contribution in [-0.4, -0.2) is 29.2 Å². The van der Waals surface area contributed by atoms with E-state index >= 15 is 0 Å². The molecule has 0 N–H and O–H groups in total. The monoisotopic (exact) mass is 570 g/mol. The molecule has 0 radical (unpaired) electrons. The minimum atomic E-state index is -0.384. The molecule has 0 unspecified atom stereocenters. The number of rotatable bonds is 9. The van der Waals surface area contributed by atoms with Crippen molar-refractivity contribution < 1.29 is 14.3 Å². The first-order valence-electron chi connectivity index (χ1n) is 13.3. The Kier molecular flexibility index (Phi) is 7.50. The van der Waals surface area contributed by atoms with E-state index in [4.69, 9.17) is 37.7 Å². The molecule has 0 atom stereocenters. The first kappa shape index (κ1) is 26.4. The molecule has 4 aromatic carbocycles. The molecule has 1 aromatic heterocycles. The fourth-order valence-corrected chi connectivity index (χ4v) is 5.45. The van der Waals surface area contributed by atoms with E-state index in [2.05, 4.69) is 47.0 Å². The summed E-state index contributed by atoms with van der Waals surface area (Å²) in [4.78, 5) is 17.0. The third-order valence-electron chi connectivity index (χ3n) is 7.32. The summed E-state index contributed by atoms with van der Waals surface area (Å²) in [6, 6.07) is 29.6. The van der Waals surface area contributed by atoms with Crippen LogP contribution >= 0.6 is 23.2 Å². The zero-order valence-corrected chi connectivity index (χ0v) is 23.5. The van der Waals surface area contributed by atoms with Gasteiger partial charge in [-0.3, -0.25) is 0 Å². The van der Waals surface area contributed by atoms with Gasteiger partial charge in [-0.25, -0.2) is 9.78 Å². The number of halogens is 2. The Morgan fingerprint density at radius 2 is 1.55 bits per heavy atom. The molecule has 1 heterocycles. The molecule has 1 aliphatic carbocycles. The lowest BCUT2D eigenvalue weighted by atomic mass is 9.85. The van der Waals surface area contributed by atoms with Crippen molar-refractivity contribution in [3.8, 4) is 5.75 Å². The Bertz CT molecular complexity index is 1610. The van der Waals surface area contributed by atoms with Gasteiger partial charge in [0.15, 0.2) is 0 Å². The molecule has 6 rings (SSSR count).